The maximum absolute atomic E-state index is 14.8. The van der Waals surface area contributed by atoms with Crippen LogP contribution in [0.1, 0.15) is 165 Å². The minimum Gasteiger partial charge on any atom is -0.460 e. The summed E-state index contributed by atoms with van der Waals surface area (Å²) in [5.74, 6) is -12.0. The molecule has 6 atom stereocenters. The molecule has 7 N–H and O–H groups in total. The first-order valence-electron chi connectivity index (χ1n) is 29.9. The van der Waals surface area contributed by atoms with E-state index >= 15 is 0 Å². The first-order valence-corrected chi connectivity index (χ1v) is 29.9. The van der Waals surface area contributed by atoms with Crippen molar-refractivity contribution in [2.24, 2.45) is 11.3 Å². The van der Waals surface area contributed by atoms with Crippen molar-refractivity contribution in [3.8, 4) is 0 Å². The molecular weight excluding hydrogens is 1160 g/mol. The Morgan fingerprint density at radius 2 is 1.02 bits per heavy atom. The number of aryl methyl sites for hydroxylation is 2. The van der Waals surface area contributed by atoms with Gasteiger partial charge in [-0.2, -0.15) is 13.2 Å². The zero-order valence-corrected chi connectivity index (χ0v) is 54.0. The highest BCUT2D eigenvalue weighted by Crippen LogP contribution is 2.25. The van der Waals surface area contributed by atoms with E-state index in [9.17, 15) is 65.9 Å². The minimum absolute atomic E-state index is 0.0730. The lowest BCUT2D eigenvalue weighted by molar-refractivity contribution is -0.158. The van der Waals surface area contributed by atoms with Gasteiger partial charge in [0.1, 0.15) is 53.1 Å². The van der Waals surface area contributed by atoms with Gasteiger partial charge in [0.15, 0.2) is 0 Å². The molecule has 0 heterocycles. The normalized spacial score (nSPS) is 14.1. The molecular formula is C65H92F3N7O14. The Kier molecular flexibility index (Phi) is 28.0. The van der Waals surface area contributed by atoms with Gasteiger partial charge in [-0.15, -0.1) is 0 Å². The molecule has 3 rings (SSSR count). The van der Waals surface area contributed by atoms with Crippen LogP contribution in [0.5, 0.6) is 0 Å². The van der Waals surface area contributed by atoms with Crippen LogP contribution in [0.3, 0.4) is 0 Å². The number of carbonyl (C=O) groups excluding carboxylic acids is 11. The van der Waals surface area contributed by atoms with Crippen molar-refractivity contribution in [2.75, 3.05) is 6.54 Å². The van der Waals surface area contributed by atoms with Crippen LogP contribution in [0.4, 0.5) is 13.2 Å². The number of alkyl halides is 3. The topological polar surface area (TPSA) is 300 Å². The lowest BCUT2D eigenvalue weighted by Gasteiger charge is -2.34. The van der Waals surface area contributed by atoms with Gasteiger partial charge in [0, 0.05) is 25.8 Å². The number of carbonyl (C=O) groups is 11. The fourth-order valence-corrected chi connectivity index (χ4v) is 9.09. The molecule has 0 bridgehead atoms. The number of rotatable bonds is 30. The second-order valence-electron chi connectivity index (χ2n) is 26.7. The standard InChI is InChI=1S/C65H92F3N7O14/c1-38(2)33-45(56(82)74-48(37-65(66,67)68)53(80)59(85)69-32-20-22-40-26-27-41-23-18-19-25-43(41)34-40)73-60(86)54(61(4,5)6)75-58(84)46(35-42-24-17-16-21-39(42)3)72-55(81)44(28-30-50(77)87-62(7,8)9)71-57(83)47(36-52(79)89-64(13,14)15)70-49(76)29-31-51(78)88-63(10,11)12/h16-19,21,23-27,34,38,44-48,54H,20,22,28-33,35-37H2,1-15H3,(H,69,85)(H,70,76)(H,71,83)(H,72,81)(H,73,86)(H,74,82)(H,75,84)/t44-,45-,46-,47-,48?,54+/m0/s1. The molecule has 0 aliphatic carbocycles. The van der Waals surface area contributed by atoms with Gasteiger partial charge in [0.25, 0.3) is 5.91 Å². The van der Waals surface area contributed by atoms with Crippen molar-refractivity contribution in [1.82, 2.24) is 37.2 Å². The molecule has 0 aliphatic rings. The first-order chi connectivity index (χ1) is 41.0. The number of nitrogens with one attached hydrogen (secondary N) is 7. The molecule has 0 spiro atoms. The largest absolute Gasteiger partial charge is 0.460 e. The van der Waals surface area contributed by atoms with E-state index < -0.39 is 174 Å². The second kappa shape index (κ2) is 33.1. The van der Waals surface area contributed by atoms with Crippen molar-refractivity contribution >= 4 is 75.8 Å². The summed E-state index contributed by atoms with van der Waals surface area (Å²) in [4.78, 5) is 151. The third kappa shape index (κ3) is 28.9. The van der Waals surface area contributed by atoms with Crippen LogP contribution < -0.4 is 37.2 Å². The summed E-state index contributed by atoms with van der Waals surface area (Å²) < 4.78 is 58.4. The molecule has 492 valence electrons. The van der Waals surface area contributed by atoms with Gasteiger partial charge in [-0.05, 0) is 134 Å². The number of Topliss-reactive ketones (excluding diaryl/α,β-unsaturated/α-hetero) is 1. The molecule has 0 aliphatic heterocycles. The van der Waals surface area contributed by atoms with Crippen LogP contribution >= 0.6 is 0 Å². The maximum atomic E-state index is 14.8. The third-order valence-electron chi connectivity index (χ3n) is 13.2. The van der Waals surface area contributed by atoms with Gasteiger partial charge in [0.05, 0.1) is 19.3 Å². The van der Waals surface area contributed by atoms with Gasteiger partial charge >= 0.3 is 24.1 Å². The summed E-state index contributed by atoms with van der Waals surface area (Å²) in [6.07, 6.45) is -9.14. The number of ketones is 1. The lowest BCUT2D eigenvalue weighted by atomic mass is 9.85. The van der Waals surface area contributed by atoms with Crippen LogP contribution in [-0.2, 0) is 79.8 Å². The van der Waals surface area contributed by atoms with Crippen LogP contribution in [0.25, 0.3) is 10.8 Å². The van der Waals surface area contributed by atoms with Crippen molar-refractivity contribution in [3.05, 3.63) is 83.4 Å². The average Bonchev–Trinajstić information content (AvgIpc) is 3.08. The van der Waals surface area contributed by atoms with E-state index in [1.165, 1.54) is 0 Å². The van der Waals surface area contributed by atoms with Gasteiger partial charge < -0.3 is 51.4 Å². The Hall–Kier alpha value is -7.92. The molecule has 0 saturated heterocycles. The van der Waals surface area contributed by atoms with Gasteiger partial charge in [0.2, 0.25) is 41.2 Å². The van der Waals surface area contributed by atoms with E-state index in [-0.39, 0.29) is 19.4 Å². The van der Waals surface area contributed by atoms with Gasteiger partial charge in [-0.1, -0.05) is 101 Å². The van der Waals surface area contributed by atoms with Crippen molar-refractivity contribution in [3.63, 3.8) is 0 Å². The summed E-state index contributed by atoms with van der Waals surface area (Å²) in [7, 11) is 0. The number of halogens is 3. The van der Waals surface area contributed by atoms with Crippen LogP contribution in [0, 0.1) is 18.3 Å². The smallest absolute Gasteiger partial charge is 0.391 e. The Morgan fingerprint density at radius 1 is 0.517 bits per heavy atom. The first kappa shape index (κ1) is 75.3. The van der Waals surface area contributed by atoms with E-state index in [0.717, 1.165) is 16.3 Å². The third-order valence-corrected chi connectivity index (χ3v) is 13.2. The van der Waals surface area contributed by atoms with Gasteiger partial charge in [-0.25, -0.2) is 0 Å². The summed E-state index contributed by atoms with van der Waals surface area (Å²) >= 11 is 0. The Balaban J connectivity index is 1.97. The zero-order chi connectivity index (χ0) is 67.4. The van der Waals surface area contributed by atoms with E-state index in [4.69, 9.17) is 14.2 Å². The number of benzene rings is 3. The molecule has 0 radical (unpaired) electrons. The van der Waals surface area contributed by atoms with Crippen LogP contribution in [0.15, 0.2) is 66.7 Å². The number of hydrogen-bond acceptors (Lipinski definition) is 14. The monoisotopic (exact) mass is 1250 g/mol. The number of fused-ring (bicyclic) bond motifs is 1. The summed E-state index contributed by atoms with van der Waals surface area (Å²) in [5.41, 5.74) is -1.95. The molecule has 0 saturated carbocycles. The highest BCUT2D eigenvalue weighted by Gasteiger charge is 2.42. The molecule has 3 aromatic carbocycles. The number of hydrogen-bond donors (Lipinski definition) is 7. The molecule has 1 unspecified atom stereocenters. The SMILES string of the molecule is Cc1ccccc1C[C@H](NC(=O)[C@H](CCC(=O)OC(C)(C)C)NC(=O)[C@H](CC(=O)OC(C)(C)C)NC(=O)CCC(=O)OC(C)(C)C)C(=O)N[C@H](C(=O)N[C@@H](CC(C)C)C(=O)NC(CC(F)(F)F)C(=O)C(=O)NCCCc1ccc2ccccc2c1)C(C)(C)C. The van der Waals surface area contributed by atoms with Crippen molar-refractivity contribution in [2.45, 2.75) is 227 Å². The predicted molar refractivity (Wildman–Crippen MR) is 327 cm³/mol. The minimum atomic E-state index is -5.04. The highest BCUT2D eigenvalue weighted by atomic mass is 19.4. The van der Waals surface area contributed by atoms with E-state index in [0.29, 0.717) is 24.0 Å². The Morgan fingerprint density at radius 3 is 1.60 bits per heavy atom. The fraction of sp³-hybridized carbons (Fsp3) is 0.585. The summed E-state index contributed by atoms with van der Waals surface area (Å²) in [6.45, 7) is 24.1. The number of ether oxygens (including phenoxy) is 3. The molecule has 0 aromatic heterocycles. The van der Waals surface area contributed by atoms with Crippen molar-refractivity contribution in [1.29, 1.82) is 0 Å². The highest BCUT2D eigenvalue weighted by molar-refractivity contribution is 6.38. The maximum Gasteiger partial charge on any atom is 0.391 e. The molecule has 89 heavy (non-hydrogen) atoms. The summed E-state index contributed by atoms with van der Waals surface area (Å²) in [5, 5.41) is 19.2. The Bertz CT molecular complexity index is 2990. The number of amides is 7. The van der Waals surface area contributed by atoms with Gasteiger partial charge in [-0.3, -0.25) is 52.7 Å². The number of esters is 3. The molecule has 0 fully saturated rings. The summed E-state index contributed by atoms with van der Waals surface area (Å²) in [6, 6.07) is 9.73. The quantitative estimate of drug-likeness (QED) is 0.0154. The van der Waals surface area contributed by atoms with E-state index in [2.05, 4.69) is 37.2 Å². The molecule has 3 aromatic rings. The van der Waals surface area contributed by atoms with Crippen molar-refractivity contribution < 1.29 is 80.1 Å². The average molecular weight is 1250 g/mol. The molecule has 24 heteroatoms. The van der Waals surface area contributed by atoms with Crippen LogP contribution in [0.2, 0.25) is 0 Å². The second-order valence-corrected chi connectivity index (χ2v) is 26.7. The lowest BCUT2D eigenvalue weighted by Crippen LogP contribution is -2.62. The van der Waals surface area contributed by atoms with E-state index in [1.54, 1.807) is 128 Å². The predicted octanol–water partition coefficient (Wildman–Crippen LogP) is 6.94. The molecule has 21 nitrogen and oxygen atoms in total. The zero-order valence-electron chi connectivity index (χ0n) is 54.0. The van der Waals surface area contributed by atoms with E-state index in [1.807, 2.05) is 42.5 Å². The molecule has 7 amide bonds. The fourth-order valence-electron chi connectivity index (χ4n) is 9.09. The van der Waals surface area contributed by atoms with Crippen LogP contribution in [-0.4, -0.2) is 131 Å². The Labute approximate surface area is 520 Å².